The number of thioether (sulfide) groups is 1. The fourth-order valence-corrected chi connectivity index (χ4v) is 4.31. The molecule has 3 aromatic carbocycles. The number of amides is 1. The van der Waals surface area contributed by atoms with Gasteiger partial charge in [-0.2, -0.15) is 0 Å². The standard InChI is InChI=1S/C20H18BrNOS/c1-13-10-16(21)11-14(2)20(13)22-19(23)12-24-18-9-5-7-15-6-3-4-8-17(15)18/h3-11H,12H2,1-2H3,(H,22,23). The maximum Gasteiger partial charge on any atom is 0.234 e. The predicted molar refractivity (Wildman–Crippen MR) is 107 cm³/mol. The summed E-state index contributed by atoms with van der Waals surface area (Å²) in [6.07, 6.45) is 0. The van der Waals surface area contributed by atoms with Crippen molar-refractivity contribution >= 4 is 50.1 Å². The summed E-state index contributed by atoms with van der Waals surface area (Å²) in [5.41, 5.74) is 3.03. The quantitative estimate of drug-likeness (QED) is 0.549. The highest BCUT2D eigenvalue weighted by Crippen LogP contribution is 2.29. The first-order valence-electron chi connectivity index (χ1n) is 7.72. The van der Waals surface area contributed by atoms with Crippen molar-refractivity contribution in [2.45, 2.75) is 18.7 Å². The second kappa shape index (κ2) is 7.41. The number of halogens is 1. The number of anilines is 1. The van der Waals surface area contributed by atoms with E-state index in [1.165, 1.54) is 10.8 Å². The van der Waals surface area contributed by atoms with Crippen molar-refractivity contribution in [3.63, 3.8) is 0 Å². The van der Waals surface area contributed by atoms with Crippen LogP contribution in [0.1, 0.15) is 11.1 Å². The summed E-state index contributed by atoms with van der Waals surface area (Å²) in [4.78, 5) is 13.5. The van der Waals surface area contributed by atoms with Crippen LogP contribution in [0.2, 0.25) is 0 Å². The zero-order valence-electron chi connectivity index (χ0n) is 13.6. The lowest BCUT2D eigenvalue weighted by Crippen LogP contribution is -2.15. The van der Waals surface area contributed by atoms with Crippen LogP contribution < -0.4 is 5.32 Å². The lowest BCUT2D eigenvalue weighted by molar-refractivity contribution is -0.113. The van der Waals surface area contributed by atoms with E-state index in [4.69, 9.17) is 0 Å². The van der Waals surface area contributed by atoms with Crippen LogP contribution in [-0.4, -0.2) is 11.7 Å². The topological polar surface area (TPSA) is 29.1 Å². The van der Waals surface area contributed by atoms with E-state index in [0.29, 0.717) is 5.75 Å². The third kappa shape index (κ3) is 3.82. The Morgan fingerprint density at radius 2 is 1.71 bits per heavy atom. The molecule has 2 nitrogen and oxygen atoms in total. The van der Waals surface area contributed by atoms with Gasteiger partial charge < -0.3 is 5.32 Å². The van der Waals surface area contributed by atoms with Crippen LogP contribution >= 0.6 is 27.7 Å². The van der Waals surface area contributed by atoms with Crippen LogP contribution in [0.25, 0.3) is 10.8 Å². The summed E-state index contributed by atoms with van der Waals surface area (Å²) in [5, 5.41) is 5.43. The number of aryl methyl sites for hydroxylation is 2. The van der Waals surface area contributed by atoms with Crippen molar-refractivity contribution < 1.29 is 4.79 Å². The van der Waals surface area contributed by atoms with Gasteiger partial charge in [-0.15, -0.1) is 11.8 Å². The molecule has 122 valence electrons. The van der Waals surface area contributed by atoms with E-state index in [-0.39, 0.29) is 5.91 Å². The van der Waals surface area contributed by atoms with Gasteiger partial charge in [-0.25, -0.2) is 0 Å². The molecule has 3 aromatic rings. The molecule has 3 rings (SSSR count). The highest BCUT2D eigenvalue weighted by atomic mass is 79.9. The number of nitrogens with one attached hydrogen (secondary N) is 1. The van der Waals surface area contributed by atoms with Crippen molar-refractivity contribution in [1.29, 1.82) is 0 Å². The summed E-state index contributed by atoms with van der Waals surface area (Å²) >= 11 is 5.05. The minimum absolute atomic E-state index is 0.0152. The molecule has 0 atom stereocenters. The van der Waals surface area contributed by atoms with Crippen molar-refractivity contribution in [2.24, 2.45) is 0 Å². The minimum Gasteiger partial charge on any atom is -0.325 e. The Kier molecular flexibility index (Phi) is 5.27. The molecule has 4 heteroatoms. The van der Waals surface area contributed by atoms with Gasteiger partial charge in [0.25, 0.3) is 0 Å². The Hall–Kier alpha value is -1.78. The van der Waals surface area contributed by atoms with E-state index in [2.05, 4.69) is 45.5 Å². The average Bonchev–Trinajstić information content (AvgIpc) is 2.56. The van der Waals surface area contributed by atoms with Crippen LogP contribution in [0, 0.1) is 13.8 Å². The number of hydrogen-bond donors (Lipinski definition) is 1. The first-order valence-corrected chi connectivity index (χ1v) is 9.49. The molecular formula is C20H18BrNOS. The predicted octanol–water partition coefficient (Wildman–Crippen LogP) is 5.95. The van der Waals surface area contributed by atoms with E-state index < -0.39 is 0 Å². The third-order valence-electron chi connectivity index (χ3n) is 3.87. The van der Waals surface area contributed by atoms with Crippen LogP contribution in [0.4, 0.5) is 5.69 Å². The minimum atomic E-state index is 0.0152. The highest BCUT2D eigenvalue weighted by molar-refractivity contribution is 9.10. The SMILES string of the molecule is Cc1cc(Br)cc(C)c1NC(=O)CSc1cccc2ccccc12. The molecule has 0 saturated heterocycles. The smallest absolute Gasteiger partial charge is 0.234 e. The monoisotopic (exact) mass is 399 g/mol. The van der Waals surface area contributed by atoms with E-state index in [1.54, 1.807) is 11.8 Å². The first-order chi connectivity index (χ1) is 11.5. The van der Waals surface area contributed by atoms with Crippen LogP contribution in [0.3, 0.4) is 0 Å². The normalized spacial score (nSPS) is 10.8. The molecule has 1 amide bonds. The largest absolute Gasteiger partial charge is 0.325 e. The Morgan fingerprint density at radius 1 is 1.04 bits per heavy atom. The fourth-order valence-electron chi connectivity index (χ4n) is 2.75. The van der Waals surface area contributed by atoms with Gasteiger partial charge in [0.2, 0.25) is 5.91 Å². The molecule has 0 heterocycles. The van der Waals surface area contributed by atoms with Crippen LogP contribution in [0.5, 0.6) is 0 Å². The molecule has 0 unspecified atom stereocenters. The molecular weight excluding hydrogens is 382 g/mol. The molecule has 0 aromatic heterocycles. The van der Waals surface area contributed by atoms with Crippen molar-refractivity contribution in [3.05, 3.63) is 70.2 Å². The van der Waals surface area contributed by atoms with Crippen LogP contribution in [0.15, 0.2) is 64.0 Å². The summed E-state index contributed by atoms with van der Waals surface area (Å²) in [6.45, 7) is 4.01. The van der Waals surface area contributed by atoms with E-state index in [1.807, 2.05) is 44.2 Å². The number of carbonyl (C=O) groups excluding carboxylic acids is 1. The first kappa shape index (κ1) is 17.1. The Bertz CT molecular complexity index is 879. The number of benzene rings is 3. The van der Waals surface area contributed by atoms with Gasteiger partial charge in [0.1, 0.15) is 0 Å². The lowest BCUT2D eigenvalue weighted by Gasteiger charge is -2.12. The average molecular weight is 400 g/mol. The van der Waals surface area contributed by atoms with E-state index >= 15 is 0 Å². The summed E-state index contributed by atoms with van der Waals surface area (Å²) in [6, 6.07) is 18.5. The summed E-state index contributed by atoms with van der Waals surface area (Å²) < 4.78 is 1.03. The van der Waals surface area contributed by atoms with Crippen molar-refractivity contribution in [2.75, 3.05) is 11.1 Å². The molecule has 0 fully saturated rings. The second-order valence-electron chi connectivity index (χ2n) is 5.73. The van der Waals surface area contributed by atoms with Gasteiger partial charge in [-0.05, 0) is 53.9 Å². The molecule has 0 spiro atoms. The molecule has 0 radical (unpaired) electrons. The van der Waals surface area contributed by atoms with Gasteiger partial charge in [-0.3, -0.25) is 4.79 Å². The molecule has 0 aliphatic heterocycles. The van der Waals surface area contributed by atoms with E-state index in [0.717, 1.165) is 26.2 Å². The van der Waals surface area contributed by atoms with Gasteiger partial charge in [0.15, 0.2) is 0 Å². The second-order valence-corrected chi connectivity index (χ2v) is 7.66. The lowest BCUT2D eigenvalue weighted by atomic mass is 10.1. The third-order valence-corrected chi connectivity index (χ3v) is 5.40. The summed E-state index contributed by atoms with van der Waals surface area (Å²) in [5.74, 6) is 0.407. The molecule has 0 aliphatic rings. The Balaban J connectivity index is 1.72. The molecule has 24 heavy (non-hydrogen) atoms. The maximum atomic E-state index is 12.4. The van der Waals surface area contributed by atoms with Crippen LogP contribution in [-0.2, 0) is 4.79 Å². The van der Waals surface area contributed by atoms with Crippen molar-refractivity contribution in [3.8, 4) is 0 Å². The molecule has 1 N–H and O–H groups in total. The molecule has 0 bridgehead atoms. The highest BCUT2D eigenvalue weighted by Gasteiger charge is 2.10. The van der Waals surface area contributed by atoms with Crippen molar-refractivity contribution in [1.82, 2.24) is 0 Å². The summed E-state index contributed by atoms with van der Waals surface area (Å²) in [7, 11) is 0. The Morgan fingerprint density at radius 3 is 2.46 bits per heavy atom. The van der Waals surface area contributed by atoms with Gasteiger partial charge >= 0.3 is 0 Å². The van der Waals surface area contributed by atoms with Gasteiger partial charge in [0, 0.05) is 15.1 Å². The molecule has 0 aliphatic carbocycles. The fraction of sp³-hybridized carbons (Fsp3) is 0.150. The number of hydrogen-bond acceptors (Lipinski definition) is 2. The number of rotatable bonds is 4. The Labute approximate surface area is 154 Å². The van der Waals surface area contributed by atoms with Gasteiger partial charge in [0.05, 0.1) is 5.75 Å². The zero-order chi connectivity index (χ0) is 17.1. The van der Waals surface area contributed by atoms with Gasteiger partial charge in [-0.1, -0.05) is 52.3 Å². The van der Waals surface area contributed by atoms with E-state index in [9.17, 15) is 4.79 Å². The molecule has 0 saturated carbocycles. The number of carbonyl (C=O) groups is 1. The number of fused-ring (bicyclic) bond motifs is 1. The zero-order valence-corrected chi connectivity index (χ0v) is 16.0. The maximum absolute atomic E-state index is 12.4.